The van der Waals surface area contributed by atoms with Crippen LogP contribution in [0, 0.1) is 0 Å². The molecular formula is C21H21NO6S. The number of hydrogen-bond donors (Lipinski definition) is 1. The van der Waals surface area contributed by atoms with E-state index in [0.717, 1.165) is 18.2 Å². The Hall–Kier alpha value is -2.71. The SMILES string of the molecule is O=C(CC(CC(=O)c1ccoc1)SC(=O)c1ccccc1)OC(=O)[C@@H]1CCCN1. The summed E-state index contributed by atoms with van der Waals surface area (Å²) < 4.78 is 9.85. The van der Waals surface area contributed by atoms with Crippen LogP contribution in [-0.4, -0.2) is 40.7 Å². The lowest BCUT2D eigenvalue weighted by Gasteiger charge is -2.15. The summed E-state index contributed by atoms with van der Waals surface area (Å²) in [4.78, 5) is 49.3. The van der Waals surface area contributed by atoms with Crippen LogP contribution < -0.4 is 5.32 Å². The molecule has 1 saturated heterocycles. The molecule has 0 aliphatic carbocycles. The number of benzene rings is 1. The number of furan rings is 1. The van der Waals surface area contributed by atoms with Crippen LogP contribution in [0.1, 0.15) is 46.4 Å². The van der Waals surface area contributed by atoms with E-state index in [1.165, 1.54) is 18.6 Å². The van der Waals surface area contributed by atoms with Crippen LogP contribution in [-0.2, 0) is 14.3 Å². The predicted molar refractivity (Wildman–Crippen MR) is 107 cm³/mol. The number of carbonyl (C=O) groups excluding carboxylic acids is 4. The van der Waals surface area contributed by atoms with E-state index in [1.54, 1.807) is 30.3 Å². The monoisotopic (exact) mass is 415 g/mol. The Morgan fingerprint density at radius 3 is 2.55 bits per heavy atom. The van der Waals surface area contributed by atoms with Crippen LogP contribution in [0.15, 0.2) is 53.3 Å². The molecular weight excluding hydrogens is 394 g/mol. The number of ketones is 1. The summed E-state index contributed by atoms with van der Waals surface area (Å²) in [5.41, 5.74) is 0.834. The number of carbonyl (C=O) groups is 4. The smallest absolute Gasteiger partial charge is 0.330 e. The summed E-state index contributed by atoms with van der Waals surface area (Å²) in [5.74, 6) is -1.62. The molecule has 0 spiro atoms. The van der Waals surface area contributed by atoms with Gasteiger partial charge >= 0.3 is 11.9 Å². The van der Waals surface area contributed by atoms with Gasteiger partial charge in [0.15, 0.2) is 5.78 Å². The molecule has 152 valence electrons. The van der Waals surface area contributed by atoms with E-state index in [9.17, 15) is 19.2 Å². The number of rotatable bonds is 8. The summed E-state index contributed by atoms with van der Waals surface area (Å²) in [6.45, 7) is 0.706. The largest absolute Gasteiger partial charge is 0.472 e. The second kappa shape index (κ2) is 10.2. The maximum atomic E-state index is 12.5. The van der Waals surface area contributed by atoms with Gasteiger partial charge in [-0.3, -0.25) is 14.4 Å². The van der Waals surface area contributed by atoms with Gasteiger partial charge in [0.05, 0.1) is 18.2 Å². The van der Waals surface area contributed by atoms with Crippen molar-refractivity contribution in [2.75, 3.05) is 6.54 Å². The van der Waals surface area contributed by atoms with Gasteiger partial charge in [-0.25, -0.2) is 4.79 Å². The molecule has 1 aromatic carbocycles. The van der Waals surface area contributed by atoms with E-state index in [0.29, 0.717) is 24.1 Å². The Morgan fingerprint density at radius 2 is 1.90 bits per heavy atom. The van der Waals surface area contributed by atoms with Crippen molar-refractivity contribution in [3.63, 3.8) is 0 Å². The van der Waals surface area contributed by atoms with Crippen molar-refractivity contribution in [1.82, 2.24) is 5.32 Å². The second-order valence-electron chi connectivity index (χ2n) is 6.68. The molecule has 1 aromatic heterocycles. The summed E-state index contributed by atoms with van der Waals surface area (Å²) in [6, 6.07) is 9.64. The maximum absolute atomic E-state index is 12.5. The van der Waals surface area contributed by atoms with Gasteiger partial charge in [0.2, 0.25) is 5.12 Å². The lowest BCUT2D eigenvalue weighted by Crippen LogP contribution is -2.34. The number of thioether (sulfide) groups is 1. The van der Waals surface area contributed by atoms with Gasteiger partial charge in [0.25, 0.3) is 0 Å². The molecule has 29 heavy (non-hydrogen) atoms. The normalized spacial score (nSPS) is 16.9. The zero-order valence-electron chi connectivity index (χ0n) is 15.7. The molecule has 0 bridgehead atoms. The molecule has 0 saturated carbocycles. The fourth-order valence-electron chi connectivity index (χ4n) is 2.99. The summed E-state index contributed by atoms with van der Waals surface area (Å²) >= 11 is 0.893. The minimum Gasteiger partial charge on any atom is -0.472 e. The predicted octanol–water partition coefficient (Wildman–Crippen LogP) is 3.01. The summed E-state index contributed by atoms with van der Waals surface area (Å²) in [5, 5.41) is 2.05. The molecule has 0 radical (unpaired) electrons. The number of nitrogens with one attached hydrogen (secondary N) is 1. The first-order valence-corrected chi connectivity index (χ1v) is 10.2. The Morgan fingerprint density at radius 1 is 1.10 bits per heavy atom. The zero-order valence-corrected chi connectivity index (χ0v) is 16.5. The molecule has 2 atom stereocenters. The van der Waals surface area contributed by atoms with Crippen LogP contribution in [0.3, 0.4) is 0 Å². The zero-order chi connectivity index (χ0) is 20.6. The molecule has 1 N–H and O–H groups in total. The first kappa shape index (κ1) is 21.0. The minimum absolute atomic E-state index is 0.0618. The third kappa shape index (κ3) is 6.13. The van der Waals surface area contributed by atoms with Gasteiger partial charge in [-0.05, 0) is 25.5 Å². The molecule has 2 aromatic rings. The Kier molecular flexibility index (Phi) is 7.37. The minimum atomic E-state index is -0.748. The molecule has 1 fully saturated rings. The first-order valence-electron chi connectivity index (χ1n) is 9.32. The molecule has 7 nitrogen and oxygen atoms in total. The molecule has 8 heteroatoms. The quantitative estimate of drug-likeness (QED) is 0.399. The van der Waals surface area contributed by atoms with Gasteiger partial charge in [-0.2, -0.15) is 0 Å². The first-order chi connectivity index (χ1) is 14.0. The highest BCUT2D eigenvalue weighted by Gasteiger charge is 2.28. The van der Waals surface area contributed by atoms with Crippen LogP contribution in [0.25, 0.3) is 0 Å². The van der Waals surface area contributed by atoms with Crippen LogP contribution in [0.2, 0.25) is 0 Å². The average Bonchev–Trinajstić information content (AvgIpc) is 3.42. The molecule has 3 rings (SSSR count). The van der Waals surface area contributed by atoms with Crippen LogP contribution >= 0.6 is 11.8 Å². The highest BCUT2D eigenvalue weighted by atomic mass is 32.2. The summed E-state index contributed by atoms with van der Waals surface area (Å²) in [6.07, 6.45) is 3.87. The molecule has 1 aliphatic rings. The van der Waals surface area contributed by atoms with Gasteiger partial charge in [0, 0.05) is 17.2 Å². The van der Waals surface area contributed by atoms with Crippen molar-refractivity contribution in [3.05, 3.63) is 60.1 Å². The van der Waals surface area contributed by atoms with Gasteiger partial charge < -0.3 is 14.5 Å². The number of esters is 2. The molecule has 1 unspecified atom stereocenters. The lowest BCUT2D eigenvalue weighted by molar-refractivity contribution is -0.160. The van der Waals surface area contributed by atoms with Gasteiger partial charge in [0.1, 0.15) is 12.3 Å². The third-order valence-corrected chi connectivity index (χ3v) is 5.61. The van der Waals surface area contributed by atoms with Crippen molar-refractivity contribution >= 4 is 34.6 Å². The highest BCUT2D eigenvalue weighted by molar-refractivity contribution is 8.14. The van der Waals surface area contributed by atoms with Crippen molar-refractivity contribution < 1.29 is 28.3 Å². The topological polar surface area (TPSA) is 103 Å². The van der Waals surface area contributed by atoms with Crippen molar-refractivity contribution in [2.24, 2.45) is 0 Å². The van der Waals surface area contributed by atoms with E-state index in [4.69, 9.17) is 9.15 Å². The van der Waals surface area contributed by atoms with E-state index < -0.39 is 23.2 Å². The van der Waals surface area contributed by atoms with Crippen molar-refractivity contribution in [3.8, 4) is 0 Å². The lowest BCUT2D eigenvalue weighted by atomic mass is 10.1. The van der Waals surface area contributed by atoms with Gasteiger partial charge in [-0.1, -0.05) is 42.1 Å². The number of ether oxygens (including phenoxy) is 1. The van der Waals surface area contributed by atoms with Gasteiger partial charge in [-0.15, -0.1) is 0 Å². The Balaban J connectivity index is 1.64. The van der Waals surface area contributed by atoms with E-state index >= 15 is 0 Å². The molecule has 0 amide bonds. The fraction of sp³-hybridized carbons (Fsp3) is 0.333. The number of Topliss-reactive ketones (excluding diaryl/α,β-unsaturated/α-hetero) is 1. The van der Waals surface area contributed by atoms with E-state index in [2.05, 4.69) is 5.32 Å². The second-order valence-corrected chi connectivity index (χ2v) is 7.95. The Labute approximate surface area is 172 Å². The Bertz CT molecular complexity index is 859. The van der Waals surface area contributed by atoms with Crippen LogP contribution in [0.4, 0.5) is 0 Å². The fourth-order valence-corrected chi connectivity index (χ4v) is 4.02. The maximum Gasteiger partial charge on any atom is 0.330 e. The van der Waals surface area contributed by atoms with E-state index in [1.807, 2.05) is 0 Å². The highest BCUT2D eigenvalue weighted by Crippen LogP contribution is 2.25. The number of hydrogen-bond acceptors (Lipinski definition) is 8. The standard InChI is InChI=1S/C21H21NO6S/c23-18(15-8-10-27-13-15)11-16(29-21(26)14-5-2-1-3-6-14)12-19(24)28-20(25)17-7-4-9-22-17/h1-3,5-6,8,10,13,16-17,22H,4,7,9,11-12H2/t16?,17-/m0/s1. The molecule has 2 heterocycles. The van der Waals surface area contributed by atoms with Crippen molar-refractivity contribution in [2.45, 2.75) is 37.0 Å². The van der Waals surface area contributed by atoms with Crippen molar-refractivity contribution in [1.29, 1.82) is 0 Å². The average molecular weight is 415 g/mol. The summed E-state index contributed by atoms with van der Waals surface area (Å²) in [7, 11) is 0. The van der Waals surface area contributed by atoms with E-state index in [-0.39, 0.29) is 23.7 Å². The van der Waals surface area contributed by atoms with Crippen LogP contribution in [0.5, 0.6) is 0 Å². The third-order valence-electron chi connectivity index (χ3n) is 4.49. The molecule has 1 aliphatic heterocycles.